The predicted octanol–water partition coefficient (Wildman–Crippen LogP) is 0.156. The number of methoxy groups -OCH3 is 2. The van der Waals surface area contributed by atoms with Gasteiger partial charge < -0.3 is 9.47 Å². The van der Waals surface area contributed by atoms with E-state index in [0.717, 1.165) is 9.80 Å². The van der Waals surface area contributed by atoms with Gasteiger partial charge in [0.1, 0.15) is 6.42 Å². The van der Waals surface area contributed by atoms with Crippen molar-refractivity contribution in [2.75, 3.05) is 28.3 Å². The molecule has 0 radical (unpaired) electrons. The summed E-state index contributed by atoms with van der Waals surface area (Å²) in [4.78, 5) is 25.4. The van der Waals surface area contributed by atoms with Crippen molar-refractivity contribution >= 4 is 46.6 Å². The van der Waals surface area contributed by atoms with Crippen molar-refractivity contribution in [2.45, 2.75) is 6.42 Å². The molecule has 0 N–H and O–H groups in total. The molecule has 0 unspecified atom stereocenters. The fourth-order valence-electron chi connectivity index (χ4n) is 0.844. The second-order valence-electron chi connectivity index (χ2n) is 3.02. The molecule has 0 aromatic carbocycles. The van der Waals surface area contributed by atoms with Crippen molar-refractivity contribution in [1.29, 1.82) is 0 Å². The normalized spacial score (nSPS) is 9.18. The first-order valence-corrected chi connectivity index (χ1v) is 5.35. The van der Waals surface area contributed by atoms with Gasteiger partial charge in [-0.1, -0.05) is 0 Å². The maximum atomic E-state index is 11.6. The largest absolute Gasteiger partial charge is 0.474 e. The minimum Gasteiger partial charge on any atom is -0.474 e. The van der Waals surface area contributed by atoms with Gasteiger partial charge in [-0.05, 0) is 24.4 Å². The molecule has 0 spiro atoms. The van der Waals surface area contributed by atoms with Crippen LogP contribution >= 0.6 is 24.4 Å². The number of thiocarbonyl (C=S) groups is 2. The molecule has 0 aromatic rings. The molecule has 6 nitrogen and oxygen atoms in total. The predicted molar refractivity (Wildman–Crippen MR) is 69.4 cm³/mol. The van der Waals surface area contributed by atoms with E-state index in [1.807, 2.05) is 0 Å². The number of ether oxygens (including phenoxy) is 2. The van der Waals surface area contributed by atoms with Gasteiger partial charge in [0, 0.05) is 14.1 Å². The molecule has 96 valence electrons. The average Bonchev–Trinajstić information content (AvgIpc) is 2.34. The Balaban J connectivity index is 4.44. The molecule has 0 saturated carbocycles. The van der Waals surface area contributed by atoms with Gasteiger partial charge in [-0.2, -0.15) is 0 Å². The minimum atomic E-state index is -0.479. The zero-order valence-corrected chi connectivity index (χ0v) is 11.7. The fourth-order valence-corrected chi connectivity index (χ4v) is 1.05. The molecule has 17 heavy (non-hydrogen) atoms. The van der Waals surface area contributed by atoms with Crippen LogP contribution in [0.1, 0.15) is 6.42 Å². The molecule has 0 aliphatic heterocycles. The fraction of sp³-hybridized carbons (Fsp3) is 0.556. The van der Waals surface area contributed by atoms with E-state index >= 15 is 0 Å². The lowest BCUT2D eigenvalue weighted by Gasteiger charge is -2.19. The van der Waals surface area contributed by atoms with Crippen molar-refractivity contribution in [1.82, 2.24) is 9.80 Å². The van der Waals surface area contributed by atoms with Gasteiger partial charge in [0.15, 0.2) is 0 Å². The lowest BCUT2D eigenvalue weighted by atomic mass is 10.3. The van der Waals surface area contributed by atoms with E-state index in [0.29, 0.717) is 0 Å². The van der Waals surface area contributed by atoms with Gasteiger partial charge in [-0.15, -0.1) is 0 Å². The topological polar surface area (TPSA) is 59.1 Å². The molecule has 0 aromatic heterocycles. The molecule has 0 atom stereocenters. The number of amides is 2. The molecule has 0 saturated heterocycles. The number of hydrogen-bond acceptors (Lipinski definition) is 6. The van der Waals surface area contributed by atoms with E-state index in [1.54, 1.807) is 0 Å². The maximum absolute atomic E-state index is 11.6. The average molecular weight is 278 g/mol. The number of hydrogen-bond donors (Lipinski definition) is 0. The highest BCUT2D eigenvalue weighted by Crippen LogP contribution is 2.00. The molecular formula is C9H14N2O4S2. The van der Waals surface area contributed by atoms with Crippen LogP contribution in [0.15, 0.2) is 0 Å². The van der Waals surface area contributed by atoms with E-state index < -0.39 is 11.8 Å². The van der Waals surface area contributed by atoms with Crippen LogP contribution in [-0.2, 0) is 19.1 Å². The summed E-state index contributed by atoms with van der Waals surface area (Å²) in [6.45, 7) is 0. The Morgan fingerprint density at radius 1 is 0.941 bits per heavy atom. The standard InChI is InChI=1S/C9H14N2O4S2/c1-10(8(16)14-3)6(12)5-7(13)11(2)9(17)15-4/h5H2,1-4H3. The number of nitrogens with zero attached hydrogens (tertiary/aromatic N) is 2. The summed E-state index contributed by atoms with van der Waals surface area (Å²) in [5.41, 5.74) is 0. The Morgan fingerprint density at radius 2 is 1.24 bits per heavy atom. The quantitative estimate of drug-likeness (QED) is 0.529. The second kappa shape index (κ2) is 7.13. The van der Waals surface area contributed by atoms with Crippen molar-refractivity contribution in [2.24, 2.45) is 0 Å². The van der Waals surface area contributed by atoms with E-state index in [9.17, 15) is 9.59 Å². The highest BCUT2D eigenvalue weighted by Gasteiger charge is 2.21. The first kappa shape index (κ1) is 15.7. The van der Waals surface area contributed by atoms with Gasteiger partial charge in [0.05, 0.1) is 14.2 Å². The summed E-state index contributed by atoms with van der Waals surface area (Å²) in [5.74, 6) is -0.958. The van der Waals surface area contributed by atoms with Crippen LogP contribution < -0.4 is 0 Å². The summed E-state index contributed by atoms with van der Waals surface area (Å²) in [5, 5.41) is -0.000424. The lowest BCUT2D eigenvalue weighted by molar-refractivity contribution is -0.135. The minimum absolute atomic E-state index is 0.000212. The Kier molecular flexibility index (Phi) is 6.59. The summed E-state index contributed by atoms with van der Waals surface area (Å²) >= 11 is 9.51. The molecule has 0 heterocycles. The van der Waals surface area contributed by atoms with Crippen LogP contribution in [0, 0.1) is 0 Å². The van der Waals surface area contributed by atoms with E-state index in [4.69, 9.17) is 33.9 Å². The zero-order valence-electron chi connectivity index (χ0n) is 10.1. The molecule has 0 rings (SSSR count). The molecule has 0 aliphatic carbocycles. The van der Waals surface area contributed by atoms with Gasteiger partial charge >= 0.3 is 0 Å². The third-order valence-corrected chi connectivity index (χ3v) is 2.83. The van der Waals surface area contributed by atoms with Gasteiger partial charge in [0.25, 0.3) is 10.3 Å². The van der Waals surface area contributed by atoms with Crippen LogP contribution in [0.25, 0.3) is 0 Å². The third-order valence-electron chi connectivity index (χ3n) is 1.95. The zero-order chi connectivity index (χ0) is 13.6. The lowest BCUT2D eigenvalue weighted by Crippen LogP contribution is -2.39. The first-order chi connectivity index (χ1) is 7.84. The van der Waals surface area contributed by atoms with Crippen LogP contribution in [0.5, 0.6) is 0 Å². The Hall–Kier alpha value is -1.28. The highest BCUT2D eigenvalue weighted by atomic mass is 32.1. The summed E-state index contributed by atoms with van der Waals surface area (Å²) in [7, 11) is 5.55. The Bertz CT molecular complexity index is 314. The summed E-state index contributed by atoms with van der Waals surface area (Å²) in [6, 6.07) is 0. The molecule has 0 fully saturated rings. The molecule has 0 aliphatic rings. The van der Waals surface area contributed by atoms with E-state index in [-0.39, 0.29) is 16.8 Å². The van der Waals surface area contributed by atoms with E-state index in [1.165, 1.54) is 28.3 Å². The third kappa shape index (κ3) is 4.61. The first-order valence-electron chi connectivity index (χ1n) is 4.54. The van der Waals surface area contributed by atoms with Crippen molar-refractivity contribution in [3.8, 4) is 0 Å². The van der Waals surface area contributed by atoms with Crippen LogP contribution in [0.3, 0.4) is 0 Å². The van der Waals surface area contributed by atoms with Crippen LogP contribution in [0.2, 0.25) is 0 Å². The Morgan fingerprint density at radius 3 is 1.47 bits per heavy atom. The Labute approximate surface area is 110 Å². The van der Waals surface area contributed by atoms with E-state index in [2.05, 4.69) is 0 Å². The molecule has 0 bridgehead atoms. The van der Waals surface area contributed by atoms with Gasteiger partial charge in [-0.3, -0.25) is 19.4 Å². The maximum Gasteiger partial charge on any atom is 0.265 e. The van der Waals surface area contributed by atoms with Gasteiger partial charge in [0.2, 0.25) is 11.8 Å². The molecule has 2 amide bonds. The monoisotopic (exact) mass is 278 g/mol. The number of carbonyl (C=O) groups excluding carboxylic acids is 2. The number of carbonyl (C=O) groups is 2. The van der Waals surface area contributed by atoms with Crippen LogP contribution in [0.4, 0.5) is 0 Å². The highest BCUT2D eigenvalue weighted by molar-refractivity contribution is 7.80. The van der Waals surface area contributed by atoms with Crippen LogP contribution in [-0.4, -0.2) is 60.3 Å². The molecular weight excluding hydrogens is 264 g/mol. The van der Waals surface area contributed by atoms with Crippen molar-refractivity contribution in [3.63, 3.8) is 0 Å². The smallest absolute Gasteiger partial charge is 0.265 e. The van der Waals surface area contributed by atoms with Crippen molar-refractivity contribution < 1.29 is 19.1 Å². The second-order valence-corrected chi connectivity index (χ2v) is 3.72. The van der Waals surface area contributed by atoms with Crippen molar-refractivity contribution in [3.05, 3.63) is 0 Å². The number of rotatable bonds is 2. The van der Waals surface area contributed by atoms with Gasteiger partial charge in [-0.25, -0.2) is 0 Å². The summed E-state index contributed by atoms with van der Waals surface area (Å²) < 4.78 is 9.41. The summed E-state index contributed by atoms with van der Waals surface area (Å²) in [6.07, 6.45) is -0.361. The SMILES string of the molecule is COC(=S)N(C)C(=O)CC(=O)N(C)C(=S)OC. The molecule has 8 heteroatoms.